The van der Waals surface area contributed by atoms with Crippen molar-refractivity contribution in [3.05, 3.63) is 90.5 Å². The van der Waals surface area contributed by atoms with E-state index in [1.54, 1.807) is 7.11 Å². The van der Waals surface area contributed by atoms with E-state index >= 15 is 0 Å². The van der Waals surface area contributed by atoms with Gasteiger partial charge in [-0.1, -0.05) is 42.5 Å². The molecular formula is C26H25N3O2. The Labute approximate surface area is 182 Å². The summed E-state index contributed by atoms with van der Waals surface area (Å²) in [7, 11) is 1.68. The largest absolute Gasteiger partial charge is 0.497 e. The smallest absolute Gasteiger partial charge is 0.118 e. The fourth-order valence-electron chi connectivity index (χ4n) is 4.25. The molecule has 31 heavy (non-hydrogen) atoms. The zero-order valence-electron chi connectivity index (χ0n) is 17.6. The third-order valence-corrected chi connectivity index (χ3v) is 5.79. The molecule has 5 rings (SSSR count). The number of benzene rings is 2. The van der Waals surface area contributed by atoms with Crippen LogP contribution in [0.15, 0.2) is 79.1 Å². The van der Waals surface area contributed by atoms with E-state index in [0.29, 0.717) is 13.2 Å². The van der Waals surface area contributed by atoms with Crippen LogP contribution in [0.2, 0.25) is 0 Å². The van der Waals surface area contributed by atoms with Crippen LogP contribution in [-0.4, -0.2) is 28.3 Å². The van der Waals surface area contributed by atoms with Crippen molar-refractivity contribution in [3.8, 4) is 28.3 Å². The highest BCUT2D eigenvalue weighted by molar-refractivity contribution is 5.79. The third kappa shape index (κ3) is 3.97. The lowest BCUT2D eigenvalue weighted by molar-refractivity contribution is 0.0925. The van der Waals surface area contributed by atoms with Crippen LogP contribution < -0.4 is 4.74 Å². The first-order valence-electron chi connectivity index (χ1n) is 10.6. The number of imidazole rings is 1. The van der Waals surface area contributed by atoms with Crippen molar-refractivity contribution in [1.82, 2.24) is 14.5 Å². The molecule has 156 valence electrons. The molecule has 0 amide bonds. The summed E-state index contributed by atoms with van der Waals surface area (Å²) in [6.07, 6.45) is 5.68. The fourth-order valence-corrected chi connectivity index (χ4v) is 4.25. The minimum absolute atomic E-state index is 0.265. The van der Waals surface area contributed by atoms with Gasteiger partial charge in [-0.2, -0.15) is 0 Å². The first-order valence-corrected chi connectivity index (χ1v) is 10.6. The summed E-state index contributed by atoms with van der Waals surface area (Å²) in [4.78, 5) is 9.25. The second-order valence-corrected chi connectivity index (χ2v) is 7.75. The van der Waals surface area contributed by atoms with Crippen LogP contribution in [-0.2, 0) is 17.8 Å². The topological polar surface area (TPSA) is 49.2 Å². The zero-order valence-corrected chi connectivity index (χ0v) is 17.6. The molecule has 1 atom stereocenters. The lowest BCUT2D eigenvalue weighted by Crippen LogP contribution is -2.13. The van der Waals surface area contributed by atoms with Gasteiger partial charge in [0.15, 0.2) is 0 Å². The number of methoxy groups -OCH3 is 1. The lowest BCUT2D eigenvalue weighted by Gasteiger charge is -2.18. The van der Waals surface area contributed by atoms with Gasteiger partial charge >= 0.3 is 0 Å². The average Bonchev–Trinajstić information content (AvgIpc) is 3.40. The maximum atomic E-state index is 6.14. The van der Waals surface area contributed by atoms with Gasteiger partial charge in [-0.3, -0.25) is 4.98 Å². The van der Waals surface area contributed by atoms with E-state index in [4.69, 9.17) is 14.5 Å². The lowest BCUT2D eigenvalue weighted by atomic mass is 10.0. The van der Waals surface area contributed by atoms with Crippen molar-refractivity contribution in [2.75, 3.05) is 13.7 Å². The molecule has 0 radical (unpaired) electrons. The van der Waals surface area contributed by atoms with Gasteiger partial charge in [-0.05, 0) is 36.2 Å². The van der Waals surface area contributed by atoms with E-state index in [0.717, 1.165) is 52.5 Å². The quantitative estimate of drug-likeness (QED) is 0.413. The van der Waals surface area contributed by atoms with Gasteiger partial charge in [-0.25, -0.2) is 4.98 Å². The Hall–Kier alpha value is -3.44. The molecule has 0 saturated carbocycles. The molecule has 2 aromatic carbocycles. The molecule has 5 nitrogen and oxygen atoms in total. The van der Waals surface area contributed by atoms with Gasteiger partial charge in [-0.15, -0.1) is 0 Å². The van der Waals surface area contributed by atoms with Crippen LogP contribution >= 0.6 is 0 Å². The average molecular weight is 412 g/mol. The van der Waals surface area contributed by atoms with E-state index < -0.39 is 0 Å². The summed E-state index contributed by atoms with van der Waals surface area (Å²) >= 11 is 0. The van der Waals surface area contributed by atoms with Crippen molar-refractivity contribution in [3.63, 3.8) is 0 Å². The Morgan fingerprint density at radius 1 is 0.935 bits per heavy atom. The second kappa shape index (κ2) is 8.74. The number of aryl methyl sites for hydroxylation is 1. The van der Waals surface area contributed by atoms with Gasteiger partial charge in [0.05, 0.1) is 37.8 Å². The van der Waals surface area contributed by atoms with E-state index in [1.807, 2.05) is 42.7 Å². The summed E-state index contributed by atoms with van der Waals surface area (Å²) in [6, 6.07) is 22.8. The molecule has 0 spiro atoms. The van der Waals surface area contributed by atoms with Crippen LogP contribution in [0, 0.1) is 0 Å². The summed E-state index contributed by atoms with van der Waals surface area (Å²) < 4.78 is 13.8. The van der Waals surface area contributed by atoms with Crippen LogP contribution in [0.3, 0.4) is 0 Å². The Bertz CT molecular complexity index is 1140. The number of rotatable bonds is 7. The summed E-state index contributed by atoms with van der Waals surface area (Å²) in [5.74, 6) is 1.99. The SMILES string of the molecule is COc1ccc(COCC2CCc3nc(-c4ccccc4)c(-c4ccncc4)n32)cc1. The van der Waals surface area contributed by atoms with Crippen LogP contribution in [0.25, 0.3) is 22.5 Å². The Balaban J connectivity index is 1.42. The van der Waals surface area contributed by atoms with Crippen molar-refractivity contribution in [2.24, 2.45) is 0 Å². The second-order valence-electron chi connectivity index (χ2n) is 7.75. The number of hydrogen-bond donors (Lipinski definition) is 0. The van der Waals surface area contributed by atoms with E-state index in [1.165, 1.54) is 0 Å². The molecule has 5 heteroatoms. The predicted octanol–water partition coefficient (Wildman–Crippen LogP) is 5.32. The molecule has 0 fully saturated rings. The number of nitrogens with zero attached hydrogens (tertiary/aromatic N) is 3. The maximum Gasteiger partial charge on any atom is 0.118 e. The number of aromatic nitrogens is 3. The Kier molecular flexibility index (Phi) is 5.50. The van der Waals surface area contributed by atoms with Crippen molar-refractivity contribution in [1.29, 1.82) is 0 Å². The van der Waals surface area contributed by atoms with Crippen LogP contribution in [0.5, 0.6) is 5.75 Å². The molecule has 1 aliphatic rings. The van der Waals surface area contributed by atoms with Crippen molar-refractivity contribution < 1.29 is 9.47 Å². The van der Waals surface area contributed by atoms with Crippen molar-refractivity contribution in [2.45, 2.75) is 25.5 Å². The molecule has 0 aliphatic carbocycles. The minimum Gasteiger partial charge on any atom is -0.497 e. The van der Waals surface area contributed by atoms with Crippen LogP contribution in [0.4, 0.5) is 0 Å². The molecule has 0 N–H and O–H groups in total. The summed E-state index contributed by atoms with van der Waals surface area (Å²) in [6.45, 7) is 1.24. The molecule has 0 saturated heterocycles. The normalized spacial score (nSPS) is 15.1. The van der Waals surface area contributed by atoms with Crippen molar-refractivity contribution >= 4 is 0 Å². The predicted molar refractivity (Wildman–Crippen MR) is 121 cm³/mol. The summed E-state index contributed by atoms with van der Waals surface area (Å²) in [5.41, 5.74) is 5.59. The summed E-state index contributed by atoms with van der Waals surface area (Å²) in [5, 5.41) is 0. The van der Waals surface area contributed by atoms with E-state index in [2.05, 4.69) is 45.9 Å². The Morgan fingerprint density at radius 2 is 1.71 bits per heavy atom. The minimum atomic E-state index is 0.265. The van der Waals surface area contributed by atoms with Gasteiger partial charge in [0.1, 0.15) is 11.6 Å². The molecule has 4 aromatic rings. The molecule has 0 bridgehead atoms. The van der Waals surface area contributed by atoms with Gasteiger partial charge < -0.3 is 14.0 Å². The highest BCUT2D eigenvalue weighted by Gasteiger charge is 2.30. The van der Waals surface area contributed by atoms with Gasteiger partial charge in [0.25, 0.3) is 0 Å². The highest BCUT2D eigenvalue weighted by Crippen LogP contribution is 2.39. The van der Waals surface area contributed by atoms with E-state index in [9.17, 15) is 0 Å². The monoisotopic (exact) mass is 411 g/mol. The highest BCUT2D eigenvalue weighted by atomic mass is 16.5. The zero-order chi connectivity index (χ0) is 21.0. The van der Waals surface area contributed by atoms with Gasteiger partial charge in [0, 0.05) is 29.9 Å². The first kappa shape index (κ1) is 19.5. The molecule has 2 aromatic heterocycles. The number of pyridine rings is 1. The van der Waals surface area contributed by atoms with Gasteiger partial charge in [0.2, 0.25) is 0 Å². The number of fused-ring (bicyclic) bond motifs is 1. The number of hydrogen-bond acceptors (Lipinski definition) is 4. The van der Waals surface area contributed by atoms with E-state index in [-0.39, 0.29) is 6.04 Å². The number of ether oxygens (including phenoxy) is 2. The molecule has 1 aliphatic heterocycles. The third-order valence-electron chi connectivity index (χ3n) is 5.79. The first-order chi connectivity index (χ1) is 15.3. The Morgan fingerprint density at radius 3 is 2.45 bits per heavy atom. The molecule has 3 heterocycles. The maximum absolute atomic E-state index is 6.14. The fraction of sp³-hybridized carbons (Fsp3) is 0.231. The molecule has 1 unspecified atom stereocenters. The molecular weight excluding hydrogens is 386 g/mol. The van der Waals surface area contributed by atoms with Crippen LogP contribution in [0.1, 0.15) is 23.9 Å². The standard InChI is InChI=1S/C26H25N3O2/c1-30-23-10-7-19(8-11-23)17-31-18-22-9-12-24-28-25(20-5-3-2-4-6-20)26(29(22)24)21-13-15-27-16-14-21/h2-8,10-11,13-16,22H,9,12,17-18H2,1H3.